The van der Waals surface area contributed by atoms with Gasteiger partial charge in [0.2, 0.25) is 10.0 Å². The fourth-order valence-electron chi connectivity index (χ4n) is 3.33. The van der Waals surface area contributed by atoms with Crippen LogP contribution in [0.2, 0.25) is 0 Å². The first-order chi connectivity index (χ1) is 13.5. The second kappa shape index (κ2) is 9.21. The molecule has 6 nitrogen and oxygen atoms in total. The number of sulfonamides is 1. The number of Topliss-reactive ketones (excluding diaryl/α,β-unsaturated/α-hetero) is 1. The Labute approximate surface area is 166 Å². The van der Waals surface area contributed by atoms with Crippen LogP contribution in [0.1, 0.15) is 36.0 Å². The number of methoxy groups -OCH3 is 1. The molecule has 7 heteroatoms. The summed E-state index contributed by atoms with van der Waals surface area (Å²) in [7, 11) is -2.01. The molecule has 0 amide bonds. The molecule has 1 fully saturated rings. The summed E-state index contributed by atoms with van der Waals surface area (Å²) in [4.78, 5) is 12.8. The van der Waals surface area contributed by atoms with Crippen LogP contribution in [-0.4, -0.2) is 45.3 Å². The topological polar surface area (TPSA) is 75.7 Å². The van der Waals surface area contributed by atoms with Gasteiger partial charge in [0, 0.05) is 18.7 Å². The van der Waals surface area contributed by atoms with Crippen LogP contribution in [0.5, 0.6) is 5.75 Å². The molecule has 3 rings (SSSR count). The first-order valence-corrected chi connectivity index (χ1v) is 11.0. The van der Waals surface area contributed by atoms with Crippen LogP contribution in [0, 0.1) is 0 Å². The molecule has 0 aliphatic carbocycles. The summed E-state index contributed by atoms with van der Waals surface area (Å²) >= 11 is 0. The summed E-state index contributed by atoms with van der Waals surface area (Å²) in [5.41, 5.74) is 1.09. The van der Waals surface area contributed by atoms with Gasteiger partial charge in [0.25, 0.3) is 0 Å². The molecule has 1 N–H and O–H groups in total. The molecule has 28 heavy (non-hydrogen) atoms. The second-order valence-electron chi connectivity index (χ2n) is 6.82. The number of hydrogen-bond acceptors (Lipinski definition) is 5. The quantitative estimate of drug-likeness (QED) is 0.717. The number of para-hydroxylation sites is 2. The van der Waals surface area contributed by atoms with Gasteiger partial charge in [0.1, 0.15) is 5.75 Å². The van der Waals surface area contributed by atoms with Crippen molar-refractivity contribution in [1.29, 1.82) is 0 Å². The third-order valence-electron chi connectivity index (χ3n) is 4.91. The van der Waals surface area contributed by atoms with Crippen molar-refractivity contribution in [3.63, 3.8) is 0 Å². The maximum absolute atomic E-state index is 13.0. The van der Waals surface area contributed by atoms with Crippen molar-refractivity contribution in [1.82, 2.24) is 4.31 Å². The lowest BCUT2D eigenvalue weighted by Crippen LogP contribution is -2.32. The molecular weight excluding hydrogens is 376 g/mol. The Balaban J connectivity index is 1.74. The standard InChI is InChI=1S/C21H26N2O4S/c1-27-21-12-5-4-11-19(21)22-16-20(24)17-9-8-10-18(15-17)28(25,26)23-13-6-2-3-7-14-23/h4-5,8-12,15,22H,2-3,6-7,13-14,16H2,1H3. The number of carbonyl (C=O) groups excluding carboxylic acids is 1. The number of nitrogens with one attached hydrogen (secondary N) is 1. The second-order valence-corrected chi connectivity index (χ2v) is 8.76. The van der Waals surface area contributed by atoms with E-state index in [0.717, 1.165) is 25.7 Å². The van der Waals surface area contributed by atoms with Gasteiger partial charge in [0.05, 0.1) is 24.2 Å². The number of anilines is 1. The summed E-state index contributed by atoms with van der Waals surface area (Å²) in [5, 5.41) is 3.06. The summed E-state index contributed by atoms with van der Waals surface area (Å²) in [6, 6.07) is 13.6. The minimum Gasteiger partial charge on any atom is -0.495 e. The minimum atomic E-state index is -3.58. The predicted octanol–water partition coefficient (Wildman–Crippen LogP) is 3.55. The molecule has 2 aromatic rings. The SMILES string of the molecule is COc1ccccc1NCC(=O)c1cccc(S(=O)(=O)N2CCCCCC2)c1. The number of carbonyl (C=O) groups is 1. The summed E-state index contributed by atoms with van der Waals surface area (Å²) < 4.78 is 32.7. The van der Waals surface area contributed by atoms with Crippen molar-refractivity contribution in [2.75, 3.05) is 32.1 Å². The molecule has 0 atom stereocenters. The predicted molar refractivity (Wildman–Crippen MR) is 109 cm³/mol. The molecule has 1 aliphatic heterocycles. The molecule has 1 heterocycles. The van der Waals surface area contributed by atoms with Crippen LogP contribution in [0.4, 0.5) is 5.69 Å². The Kier molecular flexibility index (Phi) is 6.70. The highest BCUT2D eigenvalue weighted by Crippen LogP contribution is 2.24. The molecule has 2 aromatic carbocycles. The van der Waals surface area contributed by atoms with Crippen molar-refractivity contribution < 1.29 is 17.9 Å². The maximum atomic E-state index is 13.0. The zero-order valence-electron chi connectivity index (χ0n) is 16.1. The molecule has 1 saturated heterocycles. The number of ketones is 1. The monoisotopic (exact) mass is 402 g/mol. The van der Waals surface area contributed by atoms with Crippen molar-refractivity contribution >= 4 is 21.5 Å². The average molecular weight is 403 g/mol. The Bertz CT molecular complexity index is 920. The fraction of sp³-hybridized carbons (Fsp3) is 0.381. The van der Waals surface area contributed by atoms with Crippen LogP contribution in [-0.2, 0) is 10.0 Å². The Morgan fingerprint density at radius 1 is 1.04 bits per heavy atom. The number of benzene rings is 2. The van der Waals surface area contributed by atoms with Crippen LogP contribution in [0.25, 0.3) is 0 Å². The zero-order valence-corrected chi connectivity index (χ0v) is 16.9. The van der Waals surface area contributed by atoms with Crippen molar-refractivity contribution in [2.24, 2.45) is 0 Å². The Morgan fingerprint density at radius 3 is 2.46 bits per heavy atom. The fourth-order valence-corrected chi connectivity index (χ4v) is 4.89. The van der Waals surface area contributed by atoms with Gasteiger partial charge < -0.3 is 10.1 Å². The van der Waals surface area contributed by atoms with Crippen LogP contribution >= 0.6 is 0 Å². The average Bonchev–Trinajstić information content (AvgIpc) is 3.02. The molecule has 0 saturated carbocycles. The lowest BCUT2D eigenvalue weighted by molar-refractivity contribution is 0.101. The van der Waals surface area contributed by atoms with Gasteiger partial charge >= 0.3 is 0 Å². The number of hydrogen-bond donors (Lipinski definition) is 1. The largest absolute Gasteiger partial charge is 0.495 e. The van der Waals surface area contributed by atoms with E-state index in [0.29, 0.717) is 30.1 Å². The third kappa shape index (κ3) is 4.72. The van der Waals surface area contributed by atoms with Crippen molar-refractivity contribution in [3.05, 3.63) is 54.1 Å². The normalized spacial score (nSPS) is 15.6. The first-order valence-electron chi connectivity index (χ1n) is 9.52. The van der Waals surface area contributed by atoms with E-state index in [2.05, 4.69) is 5.32 Å². The molecule has 0 spiro atoms. The Hall–Kier alpha value is -2.38. The van der Waals surface area contributed by atoms with Gasteiger partial charge in [-0.05, 0) is 37.1 Å². The maximum Gasteiger partial charge on any atom is 0.243 e. The summed E-state index contributed by atoms with van der Waals surface area (Å²) in [6.45, 7) is 1.12. The molecule has 1 aliphatic rings. The highest BCUT2D eigenvalue weighted by Gasteiger charge is 2.25. The van der Waals surface area contributed by atoms with E-state index in [9.17, 15) is 13.2 Å². The van der Waals surface area contributed by atoms with E-state index in [4.69, 9.17) is 4.74 Å². The van der Waals surface area contributed by atoms with Crippen LogP contribution in [0.3, 0.4) is 0 Å². The van der Waals surface area contributed by atoms with Crippen LogP contribution < -0.4 is 10.1 Å². The first kappa shape index (κ1) is 20.4. The van der Waals surface area contributed by atoms with Gasteiger partial charge in [-0.3, -0.25) is 4.79 Å². The van der Waals surface area contributed by atoms with E-state index in [1.165, 1.54) is 10.4 Å². The lowest BCUT2D eigenvalue weighted by Gasteiger charge is -2.20. The van der Waals surface area contributed by atoms with Gasteiger partial charge in [-0.25, -0.2) is 8.42 Å². The summed E-state index contributed by atoms with van der Waals surface area (Å²) in [5.74, 6) is 0.464. The molecule has 0 bridgehead atoms. The van der Waals surface area contributed by atoms with E-state index in [-0.39, 0.29) is 17.2 Å². The van der Waals surface area contributed by atoms with Gasteiger partial charge in [-0.15, -0.1) is 0 Å². The smallest absolute Gasteiger partial charge is 0.243 e. The molecule has 0 radical (unpaired) electrons. The van der Waals surface area contributed by atoms with Gasteiger partial charge in [0.15, 0.2) is 5.78 Å². The van der Waals surface area contributed by atoms with Crippen molar-refractivity contribution in [2.45, 2.75) is 30.6 Å². The van der Waals surface area contributed by atoms with E-state index in [1.54, 1.807) is 31.4 Å². The third-order valence-corrected chi connectivity index (χ3v) is 6.80. The van der Waals surface area contributed by atoms with E-state index in [1.807, 2.05) is 18.2 Å². The highest BCUT2D eigenvalue weighted by molar-refractivity contribution is 7.89. The molecular formula is C21H26N2O4S. The van der Waals surface area contributed by atoms with Crippen molar-refractivity contribution in [3.8, 4) is 5.75 Å². The molecule has 150 valence electrons. The van der Waals surface area contributed by atoms with Gasteiger partial charge in [-0.2, -0.15) is 4.31 Å². The lowest BCUT2D eigenvalue weighted by atomic mass is 10.1. The molecule has 0 aromatic heterocycles. The highest BCUT2D eigenvalue weighted by atomic mass is 32.2. The minimum absolute atomic E-state index is 0.0492. The number of nitrogens with zero attached hydrogens (tertiary/aromatic N) is 1. The van der Waals surface area contributed by atoms with E-state index >= 15 is 0 Å². The van der Waals surface area contributed by atoms with Crippen LogP contribution in [0.15, 0.2) is 53.4 Å². The zero-order chi connectivity index (χ0) is 20.0. The van der Waals surface area contributed by atoms with Gasteiger partial charge in [-0.1, -0.05) is 37.1 Å². The van der Waals surface area contributed by atoms with E-state index < -0.39 is 10.0 Å². The number of ether oxygens (including phenoxy) is 1. The molecule has 0 unspecified atom stereocenters. The number of rotatable bonds is 7. The summed E-state index contributed by atoms with van der Waals surface area (Å²) in [6.07, 6.45) is 3.86. The Morgan fingerprint density at radius 2 is 1.75 bits per heavy atom.